The second kappa shape index (κ2) is 5.42. The van der Waals surface area contributed by atoms with E-state index in [2.05, 4.69) is 25.2 Å². The second-order valence-electron chi connectivity index (χ2n) is 4.87. The van der Waals surface area contributed by atoms with E-state index in [0.717, 1.165) is 48.8 Å². The van der Waals surface area contributed by atoms with E-state index in [4.69, 9.17) is 5.73 Å². The topological polar surface area (TPSA) is 80.0 Å². The number of hydrogen-bond acceptors (Lipinski definition) is 6. The van der Waals surface area contributed by atoms with Gasteiger partial charge in [0, 0.05) is 43.5 Å². The van der Waals surface area contributed by atoms with Gasteiger partial charge in [0.25, 0.3) is 0 Å². The Bertz CT molecular complexity index is 589. The summed E-state index contributed by atoms with van der Waals surface area (Å²) in [7, 11) is 0. The molecular formula is C14H18N6. The molecule has 1 saturated heterocycles. The Balaban J connectivity index is 2.06. The third-order valence-corrected chi connectivity index (χ3v) is 3.51. The van der Waals surface area contributed by atoms with Crippen LogP contribution >= 0.6 is 0 Å². The van der Waals surface area contributed by atoms with Crippen LogP contribution in [-0.2, 0) is 0 Å². The molecule has 3 N–H and O–H groups in total. The molecule has 0 spiro atoms. The number of aromatic nitrogens is 3. The molecule has 0 aliphatic carbocycles. The van der Waals surface area contributed by atoms with Crippen molar-refractivity contribution >= 4 is 11.6 Å². The Labute approximate surface area is 118 Å². The number of hydrogen-bond donors (Lipinski definition) is 2. The molecule has 0 unspecified atom stereocenters. The maximum Gasteiger partial charge on any atom is 0.140 e. The first kappa shape index (κ1) is 12.8. The fourth-order valence-corrected chi connectivity index (χ4v) is 2.47. The fourth-order valence-electron chi connectivity index (χ4n) is 2.47. The van der Waals surface area contributed by atoms with Crippen molar-refractivity contribution in [3.63, 3.8) is 0 Å². The summed E-state index contributed by atoms with van der Waals surface area (Å²) in [6, 6.07) is 3.78. The molecule has 0 radical (unpaired) electrons. The van der Waals surface area contributed by atoms with Crippen LogP contribution in [0, 0.1) is 6.92 Å². The third-order valence-electron chi connectivity index (χ3n) is 3.51. The van der Waals surface area contributed by atoms with Crippen molar-refractivity contribution in [1.29, 1.82) is 0 Å². The Kier molecular flexibility index (Phi) is 3.47. The number of nitrogen functional groups attached to an aromatic ring is 1. The van der Waals surface area contributed by atoms with E-state index < -0.39 is 0 Å². The van der Waals surface area contributed by atoms with E-state index >= 15 is 0 Å². The Morgan fingerprint density at radius 1 is 1.15 bits per heavy atom. The van der Waals surface area contributed by atoms with Gasteiger partial charge in [-0.1, -0.05) is 0 Å². The second-order valence-corrected chi connectivity index (χ2v) is 4.87. The third kappa shape index (κ3) is 2.42. The van der Waals surface area contributed by atoms with Gasteiger partial charge in [0.15, 0.2) is 0 Å². The van der Waals surface area contributed by atoms with E-state index in [1.807, 2.05) is 19.1 Å². The molecule has 3 heterocycles. The van der Waals surface area contributed by atoms with Gasteiger partial charge in [0.05, 0.1) is 5.69 Å². The highest BCUT2D eigenvalue weighted by Gasteiger charge is 2.18. The average Bonchev–Trinajstić information content (AvgIpc) is 2.49. The van der Waals surface area contributed by atoms with Gasteiger partial charge in [-0.2, -0.15) is 0 Å². The van der Waals surface area contributed by atoms with Crippen molar-refractivity contribution < 1.29 is 0 Å². The molecular weight excluding hydrogens is 252 g/mol. The standard InChI is InChI=1S/C14H18N6/c1-10-13(11-2-3-12(15)17-8-11)14(19-9-18-10)20-6-4-16-5-7-20/h2-3,8-9,16H,4-7H2,1H3,(H2,15,17). The molecule has 2 aromatic heterocycles. The number of nitrogens with one attached hydrogen (secondary N) is 1. The van der Waals surface area contributed by atoms with E-state index in [-0.39, 0.29) is 0 Å². The number of rotatable bonds is 2. The molecule has 0 amide bonds. The lowest BCUT2D eigenvalue weighted by molar-refractivity contribution is 0.585. The van der Waals surface area contributed by atoms with Crippen molar-refractivity contribution in [3.05, 3.63) is 30.4 Å². The SMILES string of the molecule is Cc1ncnc(N2CCNCC2)c1-c1ccc(N)nc1. The molecule has 1 aliphatic heterocycles. The van der Waals surface area contributed by atoms with Gasteiger partial charge < -0.3 is 16.0 Å². The first-order valence-electron chi connectivity index (χ1n) is 6.75. The number of aryl methyl sites for hydroxylation is 1. The Morgan fingerprint density at radius 3 is 2.65 bits per heavy atom. The van der Waals surface area contributed by atoms with Crippen LogP contribution in [0.15, 0.2) is 24.7 Å². The van der Waals surface area contributed by atoms with Gasteiger partial charge in [0.1, 0.15) is 18.0 Å². The van der Waals surface area contributed by atoms with Crippen LogP contribution in [0.25, 0.3) is 11.1 Å². The summed E-state index contributed by atoms with van der Waals surface area (Å²) in [5, 5.41) is 3.35. The van der Waals surface area contributed by atoms with Crippen molar-refractivity contribution in [2.75, 3.05) is 36.8 Å². The first-order valence-corrected chi connectivity index (χ1v) is 6.75. The first-order chi connectivity index (χ1) is 9.75. The van der Waals surface area contributed by atoms with Crippen LogP contribution in [-0.4, -0.2) is 41.1 Å². The molecule has 1 aliphatic rings. The predicted molar refractivity (Wildman–Crippen MR) is 79.5 cm³/mol. The average molecular weight is 270 g/mol. The van der Waals surface area contributed by atoms with Crippen LogP contribution < -0.4 is 16.0 Å². The smallest absolute Gasteiger partial charge is 0.140 e. The van der Waals surface area contributed by atoms with Crippen LogP contribution in [0.3, 0.4) is 0 Å². The number of anilines is 2. The van der Waals surface area contributed by atoms with E-state index in [1.54, 1.807) is 12.5 Å². The molecule has 0 aromatic carbocycles. The van der Waals surface area contributed by atoms with Gasteiger partial charge in [0.2, 0.25) is 0 Å². The van der Waals surface area contributed by atoms with Gasteiger partial charge >= 0.3 is 0 Å². The molecule has 20 heavy (non-hydrogen) atoms. The van der Waals surface area contributed by atoms with Crippen LogP contribution in [0.4, 0.5) is 11.6 Å². The summed E-state index contributed by atoms with van der Waals surface area (Å²) < 4.78 is 0. The zero-order valence-electron chi connectivity index (χ0n) is 11.5. The lowest BCUT2D eigenvalue weighted by Gasteiger charge is -2.30. The monoisotopic (exact) mass is 270 g/mol. The lowest BCUT2D eigenvalue weighted by atomic mass is 10.1. The maximum absolute atomic E-state index is 5.66. The maximum atomic E-state index is 5.66. The molecule has 0 saturated carbocycles. The number of piperazine rings is 1. The molecule has 2 aromatic rings. The number of pyridine rings is 1. The normalized spacial score (nSPS) is 15.3. The van der Waals surface area contributed by atoms with Crippen LogP contribution in [0.1, 0.15) is 5.69 Å². The molecule has 3 rings (SSSR count). The number of nitrogens with zero attached hydrogens (tertiary/aromatic N) is 4. The lowest BCUT2D eigenvalue weighted by Crippen LogP contribution is -2.44. The van der Waals surface area contributed by atoms with Crippen molar-refractivity contribution in [3.8, 4) is 11.1 Å². The molecule has 104 valence electrons. The summed E-state index contributed by atoms with van der Waals surface area (Å²) in [5.41, 5.74) is 8.67. The van der Waals surface area contributed by atoms with Gasteiger partial charge in [-0.3, -0.25) is 0 Å². The van der Waals surface area contributed by atoms with E-state index in [9.17, 15) is 0 Å². The molecule has 6 nitrogen and oxygen atoms in total. The fraction of sp³-hybridized carbons (Fsp3) is 0.357. The van der Waals surface area contributed by atoms with Gasteiger partial charge in [-0.05, 0) is 19.1 Å². The van der Waals surface area contributed by atoms with Gasteiger partial charge in [-0.15, -0.1) is 0 Å². The highest BCUT2D eigenvalue weighted by Crippen LogP contribution is 2.30. The van der Waals surface area contributed by atoms with Crippen LogP contribution in [0.5, 0.6) is 0 Å². The predicted octanol–water partition coefficient (Wildman–Crippen LogP) is 0.839. The minimum absolute atomic E-state index is 0.520. The highest BCUT2D eigenvalue weighted by molar-refractivity contribution is 5.77. The quantitative estimate of drug-likeness (QED) is 0.841. The number of nitrogens with two attached hydrogens (primary N) is 1. The van der Waals surface area contributed by atoms with E-state index in [1.165, 1.54) is 0 Å². The zero-order chi connectivity index (χ0) is 13.9. The Hall–Kier alpha value is -2.21. The zero-order valence-corrected chi connectivity index (χ0v) is 11.5. The Morgan fingerprint density at radius 2 is 1.95 bits per heavy atom. The summed E-state index contributed by atoms with van der Waals surface area (Å²) >= 11 is 0. The summed E-state index contributed by atoms with van der Waals surface area (Å²) in [6.07, 6.45) is 3.41. The summed E-state index contributed by atoms with van der Waals surface area (Å²) in [6.45, 7) is 5.85. The largest absolute Gasteiger partial charge is 0.384 e. The minimum atomic E-state index is 0.520. The summed E-state index contributed by atoms with van der Waals surface area (Å²) in [5.74, 6) is 1.50. The van der Waals surface area contributed by atoms with Crippen LogP contribution in [0.2, 0.25) is 0 Å². The molecule has 1 fully saturated rings. The van der Waals surface area contributed by atoms with Crippen molar-refractivity contribution in [2.45, 2.75) is 6.92 Å². The van der Waals surface area contributed by atoms with Crippen molar-refractivity contribution in [2.24, 2.45) is 0 Å². The van der Waals surface area contributed by atoms with E-state index in [0.29, 0.717) is 5.82 Å². The summed E-state index contributed by atoms with van der Waals surface area (Å²) in [4.78, 5) is 15.3. The molecule has 0 atom stereocenters. The minimum Gasteiger partial charge on any atom is -0.384 e. The molecule has 0 bridgehead atoms. The van der Waals surface area contributed by atoms with Crippen molar-refractivity contribution in [1.82, 2.24) is 20.3 Å². The van der Waals surface area contributed by atoms with Gasteiger partial charge in [-0.25, -0.2) is 15.0 Å². The highest BCUT2D eigenvalue weighted by atomic mass is 15.2. The molecule has 6 heteroatoms.